The fraction of sp³-hybridized carbons (Fsp3) is 0.222. The van der Waals surface area contributed by atoms with Crippen molar-refractivity contribution in [1.82, 2.24) is 4.98 Å². The molecule has 1 N–H and O–H groups in total. The fourth-order valence-corrected chi connectivity index (χ4v) is 1.46. The van der Waals surface area contributed by atoms with Crippen LogP contribution in [0.25, 0.3) is 11.0 Å². The molecule has 1 aromatic heterocycles. The molecule has 0 aliphatic rings. The molecule has 2 aromatic rings. The van der Waals surface area contributed by atoms with Gasteiger partial charge < -0.3 is 12.4 Å². The minimum absolute atomic E-state index is 0. The van der Waals surface area contributed by atoms with E-state index in [4.69, 9.17) is 0 Å². The van der Waals surface area contributed by atoms with E-state index in [0.717, 1.165) is 4.57 Å². The molecular weight excluding hydrogens is 229 g/mol. The normalized spacial score (nSPS) is 11.5. The van der Waals surface area contributed by atoms with Crippen LogP contribution in [0.3, 0.4) is 0 Å². The Morgan fingerprint density at radius 3 is 2.33 bits per heavy atom. The Labute approximate surface area is 90.1 Å². The highest BCUT2D eigenvalue weighted by atomic mass is 35.5. The fourth-order valence-electron chi connectivity index (χ4n) is 1.46. The van der Waals surface area contributed by atoms with Gasteiger partial charge in [0.05, 0.1) is 7.05 Å². The van der Waals surface area contributed by atoms with Gasteiger partial charge in [0, 0.05) is 0 Å². The predicted molar refractivity (Wildman–Crippen MR) is 44.5 cm³/mol. The lowest BCUT2D eigenvalue weighted by molar-refractivity contribution is -0.666. The number of fused-ring (bicyclic) bond motifs is 1. The molecule has 0 saturated carbocycles. The topological polar surface area (TPSA) is 19.7 Å². The smallest absolute Gasteiger partial charge is 0.494 e. The number of hydrogen-bond acceptors (Lipinski definition) is 0. The molecule has 0 fully saturated rings. The molecule has 0 amide bonds. The third-order valence-electron chi connectivity index (χ3n) is 2.12. The molecule has 0 bridgehead atoms. The highest BCUT2D eigenvalue weighted by Gasteiger charge is 2.42. The van der Waals surface area contributed by atoms with Crippen LogP contribution in [-0.2, 0) is 13.2 Å². The molecule has 0 unspecified atom stereocenters. The van der Waals surface area contributed by atoms with Crippen LogP contribution in [0.5, 0.6) is 0 Å². The Morgan fingerprint density at radius 2 is 1.80 bits per heavy atom. The molecule has 82 valence electrons. The van der Waals surface area contributed by atoms with Gasteiger partial charge in [-0.05, 0) is 12.1 Å². The van der Waals surface area contributed by atoms with Crippen LogP contribution in [0, 0.1) is 0 Å². The first-order chi connectivity index (χ1) is 6.50. The molecule has 15 heavy (non-hydrogen) atoms. The largest absolute Gasteiger partial charge is 1.00 e. The third-order valence-corrected chi connectivity index (χ3v) is 2.12. The summed E-state index contributed by atoms with van der Waals surface area (Å²) in [6.45, 7) is 0. The first-order valence-electron chi connectivity index (χ1n) is 4.04. The maximum Gasteiger partial charge on any atom is 0.494 e. The molecule has 1 aromatic carbocycles. The van der Waals surface area contributed by atoms with Gasteiger partial charge in [-0.25, -0.2) is 9.55 Å². The van der Waals surface area contributed by atoms with Crippen LogP contribution in [0.1, 0.15) is 5.82 Å². The standard InChI is InChI=1S/C9H7F3N2.ClH/c1-14-7-5-3-2-4-6(7)13-8(14)9(10,11)12;/h2-5H,1H3;1H. The van der Waals surface area contributed by atoms with Crippen molar-refractivity contribution in [3.8, 4) is 0 Å². The van der Waals surface area contributed by atoms with Crippen LogP contribution < -0.4 is 17.0 Å². The van der Waals surface area contributed by atoms with E-state index in [1.165, 1.54) is 7.05 Å². The van der Waals surface area contributed by atoms with Gasteiger partial charge in [-0.2, -0.15) is 13.2 Å². The van der Waals surface area contributed by atoms with Gasteiger partial charge in [0.1, 0.15) is 0 Å². The van der Waals surface area contributed by atoms with E-state index in [1.54, 1.807) is 24.3 Å². The lowest BCUT2D eigenvalue weighted by atomic mass is 10.3. The summed E-state index contributed by atoms with van der Waals surface area (Å²) in [5.41, 5.74) is 1.03. The monoisotopic (exact) mass is 236 g/mol. The number of hydrogen-bond donors (Lipinski definition) is 1. The maximum absolute atomic E-state index is 12.4. The van der Waals surface area contributed by atoms with Gasteiger partial charge >= 0.3 is 12.0 Å². The van der Waals surface area contributed by atoms with Gasteiger partial charge in [-0.1, -0.05) is 12.1 Å². The minimum Gasteiger partial charge on any atom is -1.00 e. The lowest BCUT2D eigenvalue weighted by Gasteiger charge is -1.98. The van der Waals surface area contributed by atoms with Gasteiger partial charge in [0.2, 0.25) is 0 Å². The lowest BCUT2D eigenvalue weighted by Crippen LogP contribution is -3.00. The molecule has 0 aliphatic carbocycles. The molecule has 1 heterocycles. The van der Waals surface area contributed by atoms with Crippen molar-refractivity contribution >= 4 is 11.0 Å². The highest BCUT2D eigenvalue weighted by molar-refractivity contribution is 5.71. The van der Waals surface area contributed by atoms with Crippen LogP contribution in [0.15, 0.2) is 24.3 Å². The highest BCUT2D eigenvalue weighted by Crippen LogP contribution is 2.26. The van der Waals surface area contributed by atoms with Crippen molar-refractivity contribution in [3.05, 3.63) is 30.1 Å². The average molecular weight is 237 g/mol. The van der Waals surface area contributed by atoms with Crippen LogP contribution in [0.4, 0.5) is 13.2 Å². The zero-order valence-corrected chi connectivity index (χ0v) is 8.52. The summed E-state index contributed by atoms with van der Waals surface area (Å²) in [4.78, 5) is 2.34. The number of nitrogens with one attached hydrogen (secondary N) is 1. The van der Waals surface area contributed by atoms with E-state index in [0.29, 0.717) is 11.0 Å². The Bertz CT molecular complexity index is 476. The van der Waals surface area contributed by atoms with Crippen molar-refractivity contribution < 1.29 is 30.1 Å². The number of halogens is 4. The number of H-pyrrole nitrogens is 1. The summed E-state index contributed by atoms with van der Waals surface area (Å²) in [6, 6.07) is 6.65. The number of aromatic nitrogens is 2. The number of nitrogens with zero attached hydrogens (tertiary/aromatic N) is 1. The number of imidazole rings is 1. The molecule has 0 atom stereocenters. The second-order valence-electron chi connectivity index (χ2n) is 3.05. The summed E-state index contributed by atoms with van der Waals surface area (Å²) in [5, 5.41) is 0. The van der Waals surface area contributed by atoms with E-state index in [2.05, 4.69) is 4.98 Å². The SMILES string of the molecule is C[n+]1c(C(F)(F)F)[nH]c2ccccc21.[Cl-]. The Morgan fingerprint density at radius 1 is 1.20 bits per heavy atom. The van der Waals surface area contributed by atoms with E-state index < -0.39 is 12.0 Å². The molecule has 2 nitrogen and oxygen atoms in total. The second-order valence-corrected chi connectivity index (χ2v) is 3.05. The number of alkyl halides is 3. The van der Waals surface area contributed by atoms with Crippen molar-refractivity contribution in [2.75, 3.05) is 0 Å². The molecular formula is C9H8ClF3N2. The Kier molecular flexibility index (Phi) is 2.95. The van der Waals surface area contributed by atoms with Gasteiger partial charge in [0.25, 0.3) is 0 Å². The average Bonchev–Trinajstić information content (AvgIpc) is 2.44. The first-order valence-corrected chi connectivity index (χ1v) is 4.04. The van der Waals surface area contributed by atoms with Crippen molar-refractivity contribution in [1.29, 1.82) is 0 Å². The zero-order chi connectivity index (χ0) is 10.3. The van der Waals surface area contributed by atoms with Crippen LogP contribution in [0.2, 0.25) is 0 Å². The van der Waals surface area contributed by atoms with Gasteiger partial charge in [0.15, 0.2) is 11.0 Å². The molecule has 0 radical (unpaired) electrons. The predicted octanol–water partition coefficient (Wildman–Crippen LogP) is -0.985. The van der Waals surface area contributed by atoms with Gasteiger partial charge in [-0.15, -0.1) is 0 Å². The number of rotatable bonds is 0. The second kappa shape index (κ2) is 3.73. The number of aryl methyl sites for hydroxylation is 1. The summed E-state index contributed by atoms with van der Waals surface area (Å²) >= 11 is 0. The van der Waals surface area contributed by atoms with E-state index in [9.17, 15) is 13.2 Å². The van der Waals surface area contributed by atoms with Gasteiger partial charge in [-0.3, -0.25) is 0 Å². The summed E-state index contributed by atoms with van der Waals surface area (Å²) < 4.78 is 38.4. The third kappa shape index (κ3) is 1.92. The van der Waals surface area contributed by atoms with Crippen molar-refractivity contribution in [3.63, 3.8) is 0 Å². The summed E-state index contributed by atoms with van der Waals surface area (Å²) in [6.07, 6.45) is -4.34. The molecule has 0 spiro atoms. The molecule has 0 aliphatic heterocycles. The van der Waals surface area contributed by atoms with E-state index >= 15 is 0 Å². The van der Waals surface area contributed by atoms with Crippen molar-refractivity contribution in [2.24, 2.45) is 7.05 Å². The molecule has 2 rings (SSSR count). The minimum atomic E-state index is -4.34. The molecule has 0 saturated heterocycles. The zero-order valence-electron chi connectivity index (χ0n) is 7.77. The summed E-state index contributed by atoms with van der Waals surface area (Å²) in [5.74, 6) is -0.737. The van der Waals surface area contributed by atoms with Crippen molar-refractivity contribution in [2.45, 2.75) is 6.18 Å². The summed E-state index contributed by atoms with van der Waals surface area (Å²) in [7, 11) is 1.39. The Hall–Kier alpha value is -1.23. The number of para-hydroxylation sites is 2. The molecule has 6 heteroatoms. The Balaban J connectivity index is 0.00000112. The van der Waals surface area contributed by atoms with E-state index in [1.807, 2.05) is 0 Å². The van der Waals surface area contributed by atoms with Crippen LogP contribution in [-0.4, -0.2) is 4.98 Å². The van der Waals surface area contributed by atoms with Crippen LogP contribution >= 0.6 is 0 Å². The maximum atomic E-state index is 12.4. The number of aromatic amines is 1. The number of benzene rings is 1. The van der Waals surface area contributed by atoms with E-state index in [-0.39, 0.29) is 12.4 Å². The quantitative estimate of drug-likeness (QED) is 0.567. The first kappa shape index (κ1) is 11.8.